The number of halogens is 1. The van der Waals surface area contributed by atoms with E-state index in [1.54, 1.807) is 24.3 Å². The highest BCUT2D eigenvalue weighted by Crippen LogP contribution is 2.16. The lowest BCUT2D eigenvalue weighted by Gasteiger charge is -2.09. The fourth-order valence-corrected chi connectivity index (χ4v) is 2.51. The van der Waals surface area contributed by atoms with Gasteiger partial charge in [0.15, 0.2) is 6.61 Å². The average molecular weight is 399 g/mol. The predicted molar refractivity (Wildman–Crippen MR) is 99.2 cm³/mol. The summed E-state index contributed by atoms with van der Waals surface area (Å²) in [5.41, 5.74) is 5.19. The van der Waals surface area contributed by atoms with E-state index >= 15 is 0 Å². The molecule has 0 aliphatic carbocycles. The van der Waals surface area contributed by atoms with E-state index < -0.39 is 5.91 Å². The van der Waals surface area contributed by atoms with Crippen molar-refractivity contribution in [3.05, 3.63) is 76.8 Å². The van der Waals surface area contributed by atoms with Crippen LogP contribution in [0.4, 0.5) is 0 Å². The minimum absolute atomic E-state index is 0.195. The molecule has 5 nitrogen and oxygen atoms in total. The van der Waals surface area contributed by atoms with Crippen LogP contribution < -0.4 is 15.6 Å². The quantitative estimate of drug-likeness (QED) is 0.661. The summed E-state index contributed by atoms with van der Waals surface area (Å²) in [4.78, 5) is 23.9. The molecule has 3 rings (SSSR count). The van der Waals surface area contributed by atoms with Gasteiger partial charge in [0, 0.05) is 10.0 Å². The normalized spacial score (nSPS) is 10.3. The van der Waals surface area contributed by atoms with Crippen LogP contribution in [0.5, 0.6) is 5.75 Å². The highest BCUT2D eigenvalue weighted by atomic mass is 79.9. The fraction of sp³-hybridized carbons (Fsp3) is 0.0526. The third kappa shape index (κ3) is 4.58. The standard InChI is InChI=1S/C19H15BrN2O3/c20-16-7-9-17(10-8-16)25-12-18(23)21-22-19(24)15-6-5-13-3-1-2-4-14(13)11-15/h1-11H,12H2,(H,21,23)(H,22,24). The summed E-state index contributed by atoms with van der Waals surface area (Å²) in [6.07, 6.45) is 0. The minimum Gasteiger partial charge on any atom is -0.484 e. The molecule has 0 fully saturated rings. The number of fused-ring (bicyclic) bond motifs is 1. The van der Waals surface area contributed by atoms with E-state index in [-0.39, 0.29) is 12.5 Å². The molecule has 0 aliphatic heterocycles. The highest BCUT2D eigenvalue weighted by molar-refractivity contribution is 9.10. The molecule has 6 heteroatoms. The molecule has 0 radical (unpaired) electrons. The van der Waals surface area contributed by atoms with Gasteiger partial charge in [0.2, 0.25) is 0 Å². The van der Waals surface area contributed by atoms with Gasteiger partial charge < -0.3 is 4.74 Å². The third-order valence-corrected chi connectivity index (χ3v) is 4.04. The number of benzene rings is 3. The van der Waals surface area contributed by atoms with Crippen LogP contribution in [0, 0.1) is 0 Å². The Morgan fingerprint density at radius 1 is 0.880 bits per heavy atom. The summed E-state index contributed by atoms with van der Waals surface area (Å²) in [6, 6.07) is 20.2. The molecule has 0 aromatic heterocycles. The molecule has 0 aliphatic rings. The first-order chi connectivity index (χ1) is 12.1. The van der Waals surface area contributed by atoms with Gasteiger partial charge in [-0.2, -0.15) is 0 Å². The Labute approximate surface area is 153 Å². The molecule has 0 spiro atoms. The monoisotopic (exact) mass is 398 g/mol. The lowest BCUT2D eigenvalue weighted by Crippen LogP contribution is -2.43. The van der Waals surface area contributed by atoms with Gasteiger partial charge in [0.1, 0.15) is 5.75 Å². The molecule has 3 aromatic carbocycles. The van der Waals surface area contributed by atoms with Gasteiger partial charge in [0.25, 0.3) is 11.8 Å². The number of hydrogen-bond acceptors (Lipinski definition) is 3. The first-order valence-corrected chi connectivity index (χ1v) is 8.37. The topological polar surface area (TPSA) is 67.4 Å². The Balaban J connectivity index is 1.52. The average Bonchev–Trinajstić information content (AvgIpc) is 2.65. The molecule has 0 saturated carbocycles. The van der Waals surface area contributed by atoms with Crippen LogP contribution in [0.1, 0.15) is 10.4 Å². The van der Waals surface area contributed by atoms with E-state index in [2.05, 4.69) is 26.8 Å². The van der Waals surface area contributed by atoms with Gasteiger partial charge in [-0.15, -0.1) is 0 Å². The Kier molecular flexibility index (Phi) is 5.30. The van der Waals surface area contributed by atoms with Crippen LogP contribution in [0.15, 0.2) is 71.2 Å². The molecule has 2 N–H and O–H groups in total. The molecule has 0 atom stereocenters. The zero-order chi connectivity index (χ0) is 17.6. The van der Waals surface area contributed by atoms with Gasteiger partial charge in [-0.3, -0.25) is 20.4 Å². The van der Waals surface area contributed by atoms with Crippen LogP contribution >= 0.6 is 15.9 Å². The minimum atomic E-state index is -0.447. The number of hydrogen-bond donors (Lipinski definition) is 2. The second-order valence-electron chi connectivity index (χ2n) is 5.31. The molecular formula is C19H15BrN2O3. The van der Waals surface area contributed by atoms with Gasteiger partial charge in [-0.25, -0.2) is 0 Å². The Morgan fingerprint density at radius 2 is 1.60 bits per heavy atom. The number of ether oxygens (including phenoxy) is 1. The van der Waals surface area contributed by atoms with Gasteiger partial charge in [0.05, 0.1) is 0 Å². The first kappa shape index (κ1) is 17.0. The van der Waals surface area contributed by atoms with Crippen LogP contribution in [0.2, 0.25) is 0 Å². The number of carbonyl (C=O) groups excluding carboxylic acids is 2. The second-order valence-corrected chi connectivity index (χ2v) is 6.22. The number of nitrogens with one attached hydrogen (secondary N) is 2. The molecule has 25 heavy (non-hydrogen) atoms. The third-order valence-electron chi connectivity index (χ3n) is 3.51. The first-order valence-electron chi connectivity index (χ1n) is 7.58. The molecule has 0 saturated heterocycles. The van der Waals surface area contributed by atoms with Gasteiger partial charge in [-0.05, 0) is 47.2 Å². The van der Waals surface area contributed by atoms with Gasteiger partial charge in [-0.1, -0.05) is 46.3 Å². The van der Waals surface area contributed by atoms with Crippen molar-refractivity contribution < 1.29 is 14.3 Å². The Morgan fingerprint density at radius 3 is 2.36 bits per heavy atom. The number of hydrazine groups is 1. The molecule has 0 heterocycles. The van der Waals surface area contributed by atoms with Crippen LogP contribution in [-0.2, 0) is 4.79 Å². The fourth-order valence-electron chi connectivity index (χ4n) is 2.24. The van der Waals surface area contributed by atoms with Crippen molar-refractivity contribution in [2.45, 2.75) is 0 Å². The van der Waals surface area contributed by atoms with E-state index in [0.717, 1.165) is 15.2 Å². The van der Waals surface area contributed by atoms with Crippen LogP contribution in [0.25, 0.3) is 10.8 Å². The van der Waals surface area contributed by atoms with E-state index in [9.17, 15) is 9.59 Å². The lowest BCUT2D eigenvalue weighted by atomic mass is 10.1. The molecule has 3 aromatic rings. The lowest BCUT2D eigenvalue weighted by molar-refractivity contribution is -0.123. The maximum Gasteiger partial charge on any atom is 0.276 e. The van der Waals surface area contributed by atoms with Crippen LogP contribution in [-0.4, -0.2) is 18.4 Å². The SMILES string of the molecule is O=C(COc1ccc(Br)cc1)NNC(=O)c1ccc2ccccc2c1. The maximum absolute atomic E-state index is 12.1. The highest BCUT2D eigenvalue weighted by Gasteiger charge is 2.08. The van der Waals surface area contributed by atoms with E-state index in [4.69, 9.17) is 4.74 Å². The Hall–Kier alpha value is -2.86. The van der Waals surface area contributed by atoms with Crippen LogP contribution in [0.3, 0.4) is 0 Å². The molecular weight excluding hydrogens is 384 g/mol. The maximum atomic E-state index is 12.1. The van der Waals surface area contributed by atoms with E-state index in [1.165, 1.54) is 0 Å². The second kappa shape index (κ2) is 7.81. The van der Waals surface area contributed by atoms with E-state index in [1.807, 2.05) is 42.5 Å². The number of amides is 2. The van der Waals surface area contributed by atoms with E-state index in [0.29, 0.717) is 11.3 Å². The number of carbonyl (C=O) groups is 2. The zero-order valence-electron chi connectivity index (χ0n) is 13.2. The summed E-state index contributed by atoms with van der Waals surface area (Å²) >= 11 is 3.32. The smallest absolute Gasteiger partial charge is 0.276 e. The van der Waals surface area contributed by atoms with Crippen molar-refractivity contribution in [2.75, 3.05) is 6.61 Å². The summed E-state index contributed by atoms with van der Waals surface area (Å²) in [5, 5.41) is 2.01. The number of rotatable bonds is 4. The van der Waals surface area contributed by atoms with Crippen molar-refractivity contribution in [1.29, 1.82) is 0 Å². The molecule has 2 amide bonds. The largest absolute Gasteiger partial charge is 0.484 e. The summed E-state index contributed by atoms with van der Waals surface area (Å²) in [5.74, 6) is -0.265. The van der Waals surface area contributed by atoms with Crippen molar-refractivity contribution in [1.82, 2.24) is 10.9 Å². The summed E-state index contributed by atoms with van der Waals surface area (Å²) < 4.78 is 6.26. The van der Waals surface area contributed by atoms with Crippen molar-refractivity contribution in [3.8, 4) is 5.75 Å². The summed E-state index contributed by atoms with van der Waals surface area (Å²) in [7, 11) is 0. The summed E-state index contributed by atoms with van der Waals surface area (Å²) in [6.45, 7) is -0.195. The molecule has 0 bridgehead atoms. The van der Waals surface area contributed by atoms with Crippen molar-refractivity contribution in [2.24, 2.45) is 0 Å². The molecule has 0 unspecified atom stereocenters. The van der Waals surface area contributed by atoms with Crippen molar-refractivity contribution in [3.63, 3.8) is 0 Å². The zero-order valence-corrected chi connectivity index (χ0v) is 14.7. The predicted octanol–water partition coefficient (Wildman–Crippen LogP) is 3.44. The van der Waals surface area contributed by atoms with Crippen molar-refractivity contribution >= 4 is 38.5 Å². The Bertz CT molecular complexity index is 910. The molecule has 126 valence electrons. The van der Waals surface area contributed by atoms with Gasteiger partial charge >= 0.3 is 0 Å².